The molecule has 1 aliphatic heterocycles. The van der Waals surface area contributed by atoms with E-state index < -0.39 is 11.8 Å². The molecule has 21 heavy (non-hydrogen) atoms. The van der Waals surface area contributed by atoms with E-state index in [1.807, 2.05) is 32.0 Å². The van der Waals surface area contributed by atoms with Gasteiger partial charge in [-0.05, 0) is 48.8 Å². The molecular formula is C16H16N2O2S. The molecular weight excluding hydrogens is 284 g/mol. The topological polar surface area (TPSA) is 49.4 Å². The summed E-state index contributed by atoms with van der Waals surface area (Å²) >= 11 is 5.01. The predicted octanol–water partition coefficient (Wildman–Crippen LogP) is 2.12. The van der Waals surface area contributed by atoms with Crippen LogP contribution in [0.1, 0.15) is 16.7 Å². The number of benzene rings is 1. The van der Waals surface area contributed by atoms with Gasteiger partial charge in [0, 0.05) is 6.54 Å². The molecule has 2 rings (SSSR count). The van der Waals surface area contributed by atoms with Crippen LogP contribution in [0.2, 0.25) is 0 Å². The Hall–Kier alpha value is -2.27. The summed E-state index contributed by atoms with van der Waals surface area (Å²) in [5.41, 5.74) is 3.07. The Morgan fingerprint density at radius 1 is 1.33 bits per heavy atom. The Morgan fingerprint density at radius 3 is 2.71 bits per heavy atom. The van der Waals surface area contributed by atoms with Crippen LogP contribution < -0.4 is 5.32 Å². The van der Waals surface area contributed by atoms with Crippen LogP contribution in [0.3, 0.4) is 0 Å². The Morgan fingerprint density at radius 2 is 2.05 bits per heavy atom. The zero-order chi connectivity index (χ0) is 15.6. The Bertz CT molecular complexity index is 677. The average Bonchev–Trinajstić information content (AvgIpc) is 2.44. The minimum atomic E-state index is -0.466. The fraction of sp³-hybridized carbons (Fsp3) is 0.188. The van der Waals surface area contributed by atoms with Crippen LogP contribution in [0, 0.1) is 13.8 Å². The molecule has 1 fully saturated rings. The van der Waals surface area contributed by atoms with Gasteiger partial charge in [0.15, 0.2) is 5.11 Å². The molecule has 2 amide bonds. The number of thiocarbonyl (C=S) groups is 1. The number of nitrogens with zero attached hydrogens (tertiary/aromatic N) is 1. The van der Waals surface area contributed by atoms with Crippen molar-refractivity contribution < 1.29 is 9.59 Å². The first-order valence-corrected chi connectivity index (χ1v) is 6.92. The van der Waals surface area contributed by atoms with Crippen molar-refractivity contribution in [2.24, 2.45) is 0 Å². The minimum absolute atomic E-state index is 0.0825. The molecule has 0 saturated carbocycles. The number of nitrogens with one attached hydrogen (secondary N) is 1. The van der Waals surface area contributed by atoms with E-state index in [0.717, 1.165) is 16.7 Å². The molecule has 0 radical (unpaired) electrons. The number of rotatable bonds is 3. The van der Waals surface area contributed by atoms with Crippen LogP contribution in [0.5, 0.6) is 0 Å². The fourth-order valence-electron chi connectivity index (χ4n) is 2.07. The van der Waals surface area contributed by atoms with Gasteiger partial charge in [-0.25, -0.2) is 0 Å². The van der Waals surface area contributed by atoms with Crippen molar-refractivity contribution in [2.45, 2.75) is 13.8 Å². The molecule has 0 aliphatic carbocycles. The van der Waals surface area contributed by atoms with E-state index in [1.165, 1.54) is 4.90 Å². The third-order valence-corrected chi connectivity index (χ3v) is 3.77. The van der Waals surface area contributed by atoms with Gasteiger partial charge in [0.25, 0.3) is 11.8 Å². The summed E-state index contributed by atoms with van der Waals surface area (Å²) in [5.74, 6) is -0.865. The summed E-state index contributed by atoms with van der Waals surface area (Å²) in [5, 5.41) is 2.64. The number of amides is 2. The predicted molar refractivity (Wildman–Crippen MR) is 86.5 cm³/mol. The lowest BCUT2D eigenvalue weighted by Crippen LogP contribution is -2.53. The number of aryl methyl sites for hydroxylation is 1. The molecule has 1 heterocycles. The second-order valence-corrected chi connectivity index (χ2v) is 5.20. The fourth-order valence-corrected chi connectivity index (χ4v) is 2.32. The number of carbonyl (C=O) groups excluding carboxylic acids is 2. The van der Waals surface area contributed by atoms with E-state index in [1.54, 1.807) is 12.2 Å². The zero-order valence-corrected chi connectivity index (χ0v) is 12.8. The molecule has 5 heteroatoms. The van der Waals surface area contributed by atoms with Gasteiger partial charge >= 0.3 is 0 Å². The SMILES string of the molecule is C=CCN1C(=O)C(=Cc2cccc(C)c2C)C(=O)NC1=S. The molecule has 1 aliphatic rings. The molecule has 4 nitrogen and oxygen atoms in total. The molecule has 1 aromatic rings. The van der Waals surface area contributed by atoms with E-state index in [2.05, 4.69) is 11.9 Å². The first-order valence-electron chi connectivity index (χ1n) is 6.51. The number of hydrogen-bond donors (Lipinski definition) is 1. The lowest BCUT2D eigenvalue weighted by atomic mass is 10.00. The van der Waals surface area contributed by atoms with Crippen molar-refractivity contribution in [1.82, 2.24) is 10.2 Å². The van der Waals surface area contributed by atoms with Gasteiger partial charge in [-0.15, -0.1) is 6.58 Å². The van der Waals surface area contributed by atoms with E-state index in [0.29, 0.717) is 0 Å². The molecule has 1 N–H and O–H groups in total. The Labute approximate surface area is 129 Å². The molecule has 0 aromatic heterocycles. The molecule has 1 aromatic carbocycles. The van der Waals surface area contributed by atoms with Crippen LogP contribution in [0.15, 0.2) is 36.4 Å². The highest BCUT2D eigenvalue weighted by molar-refractivity contribution is 7.80. The van der Waals surface area contributed by atoms with Gasteiger partial charge in [0.1, 0.15) is 5.57 Å². The largest absolute Gasteiger partial charge is 0.298 e. The van der Waals surface area contributed by atoms with E-state index in [-0.39, 0.29) is 17.2 Å². The highest BCUT2D eigenvalue weighted by Crippen LogP contribution is 2.19. The molecule has 0 unspecified atom stereocenters. The molecule has 0 spiro atoms. The van der Waals surface area contributed by atoms with Crippen LogP contribution >= 0.6 is 12.2 Å². The first-order chi connectivity index (χ1) is 9.95. The summed E-state index contributed by atoms with van der Waals surface area (Å²) < 4.78 is 0. The second kappa shape index (κ2) is 6.01. The maximum Gasteiger partial charge on any atom is 0.265 e. The van der Waals surface area contributed by atoms with Crippen LogP contribution in [-0.4, -0.2) is 28.4 Å². The van der Waals surface area contributed by atoms with E-state index in [9.17, 15) is 9.59 Å². The van der Waals surface area contributed by atoms with Crippen molar-refractivity contribution in [2.75, 3.05) is 6.54 Å². The van der Waals surface area contributed by atoms with Gasteiger partial charge < -0.3 is 0 Å². The maximum atomic E-state index is 12.4. The van der Waals surface area contributed by atoms with Crippen molar-refractivity contribution in [1.29, 1.82) is 0 Å². The van der Waals surface area contributed by atoms with Gasteiger partial charge in [0.2, 0.25) is 0 Å². The number of carbonyl (C=O) groups is 2. The summed E-state index contributed by atoms with van der Waals surface area (Å²) in [6.45, 7) is 7.80. The first kappa shape index (κ1) is 15.1. The second-order valence-electron chi connectivity index (χ2n) is 4.81. The smallest absolute Gasteiger partial charge is 0.265 e. The van der Waals surface area contributed by atoms with Crippen molar-refractivity contribution in [3.63, 3.8) is 0 Å². The Kier molecular flexibility index (Phi) is 4.33. The third-order valence-electron chi connectivity index (χ3n) is 3.44. The van der Waals surface area contributed by atoms with Gasteiger partial charge in [-0.1, -0.05) is 24.3 Å². The molecule has 1 saturated heterocycles. The van der Waals surface area contributed by atoms with E-state index in [4.69, 9.17) is 12.2 Å². The standard InChI is InChI=1S/C16H16N2O2S/c1-4-8-18-15(20)13(14(19)17-16(18)21)9-12-7-5-6-10(2)11(12)3/h4-7,9H,1,8H2,2-3H3,(H,17,19,21). The normalized spacial score (nSPS) is 17.1. The quantitative estimate of drug-likeness (QED) is 0.402. The van der Waals surface area contributed by atoms with E-state index >= 15 is 0 Å². The maximum absolute atomic E-state index is 12.4. The van der Waals surface area contributed by atoms with Crippen molar-refractivity contribution in [3.05, 3.63) is 53.1 Å². The van der Waals surface area contributed by atoms with Crippen LogP contribution in [0.4, 0.5) is 0 Å². The monoisotopic (exact) mass is 300 g/mol. The summed E-state index contributed by atoms with van der Waals surface area (Å²) in [6.07, 6.45) is 3.18. The van der Waals surface area contributed by atoms with Gasteiger partial charge in [0.05, 0.1) is 0 Å². The van der Waals surface area contributed by atoms with Crippen molar-refractivity contribution in [3.8, 4) is 0 Å². The molecule has 0 atom stereocenters. The number of hydrogen-bond acceptors (Lipinski definition) is 3. The minimum Gasteiger partial charge on any atom is -0.298 e. The van der Waals surface area contributed by atoms with Crippen LogP contribution in [-0.2, 0) is 9.59 Å². The molecule has 0 bridgehead atoms. The Balaban J connectivity index is 2.45. The highest BCUT2D eigenvalue weighted by atomic mass is 32.1. The molecule has 108 valence electrons. The summed E-state index contributed by atoms with van der Waals surface area (Å²) in [7, 11) is 0. The average molecular weight is 300 g/mol. The lowest BCUT2D eigenvalue weighted by Gasteiger charge is -2.27. The highest BCUT2D eigenvalue weighted by Gasteiger charge is 2.32. The lowest BCUT2D eigenvalue weighted by molar-refractivity contribution is -0.128. The third kappa shape index (κ3) is 2.92. The summed E-state index contributed by atoms with van der Waals surface area (Å²) in [4.78, 5) is 25.7. The van der Waals surface area contributed by atoms with Crippen LogP contribution in [0.25, 0.3) is 6.08 Å². The van der Waals surface area contributed by atoms with Crippen molar-refractivity contribution >= 4 is 35.2 Å². The van der Waals surface area contributed by atoms with Gasteiger partial charge in [-0.3, -0.25) is 19.8 Å². The van der Waals surface area contributed by atoms with Gasteiger partial charge in [-0.2, -0.15) is 0 Å². The zero-order valence-electron chi connectivity index (χ0n) is 12.0. The summed E-state index contributed by atoms with van der Waals surface area (Å²) in [6, 6.07) is 5.76.